The van der Waals surface area contributed by atoms with Crippen molar-refractivity contribution in [2.24, 2.45) is 0 Å². The molecule has 0 radical (unpaired) electrons. The van der Waals surface area contributed by atoms with Crippen LogP contribution < -0.4 is 0 Å². The minimum atomic E-state index is -0.789. The molecule has 0 unspecified atom stereocenters. The number of benzene rings is 2. The van der Waals surface area contributed by atoms with Crippen LogP contribution in [-0.4, -0.2) is 29.4 Å². The Hall–Kier alpha value is -2.62. The standard InChI is InChI=1S/C20H21NO3/c1-14-7-3-6-10-18(14)20(23)24-15(2)19(22)21-12-11-16-8-4-5-9-17(16)13-21/h3-10,15H,11-13H2,1-2H3/t15-/m1/s1. The minimum Gasteiger partial charge on any atom is -0.449 e. The molecule has 0 fully saturated rings. The number of nitrogens with zero attached hydrogens (tertiary/aromatic N) is 1. The van der Waals surface area contributed by atoms with Crippen LogP contribution in [0, 0.1) is 6.92 Å². The number of esters is 1. The Labute approximate surface area is 142 Å². The molecule has 2 aromatic rings. The quantitative estimate of drug-likeness (QED) is 0.815. The van der Waals surface area contributed by atoms with Crippen molar-refractivity contribution in [2.45, 2.75) is 32.9 Å². The molecule has 24 heavy (non-hydrogen) atoms. The number of carbonyl (C=O) groups excluding carboxylic acids is 2. The van der Waals surface area contributed by atoms with Crippen LogP contribution in [0.2, 0.25) is 0 Å². The molecule has 0 N–H and O–H groups in total. The molecular weight excluding hydrogens is 302 g/mol. The van der Waals surface area contributed by atoms with E-state index in [1.54, 1.807) is 24.0 Å². The summed E-state index contributed by atoms with van der Waals surface area (Å²) in [6, 6.07) is 15.4. The lowest BCUT2D eigenvalue weighted by Gasteiger charge is -2.30. The van der Waals surface area contributed by atoms with Crippen LogP contribution in [0.3, 0.4) is 0 Å². The molecule has 2 aromatic carbocycles. The van der Waals surface area contributed by atoms with Crippen LogP contribution in [0.15, 0.2) is 48.5 Å². The molecule has 0 saturated carbocycles. The summed E-state index contributed by atoms with van der Waals surface area (Å²) in [6.45, 7) is 4.72. The zero-order valence-electron chi connectivity index (χ0n) is 14.0. The van der Waals surface area contributed by atoms with Crippen LogP contribution in [-0.2, 0) is 22.5 Å². The van der Waals surface area contributed by atoms with Gasteiger partial charge in [-0.2, -0.15) is 0 Å². The zero-order valence-corrected chi connectivity index (χ0v) is 14.0. The second kappa shape index (κ2) is 6.87. The molecule has 4 heteroatoms. The van der Waals surface area contributed by atoms with E-state index in [4.69, 9.17) is 4.74 Å². The lowest BCUT2D eigenvalue weighted by atomic mass is 9.99. The molecule has 1 atom stereocenters. The van der Waals surface area contributed by atoms with Gasteiger partial charge >= 0.3 is 5.97 Å². The van der Waals surface area contributed by atoms with Crippen molar-refractivity contribution in [1.82, 2.24) is 4.90 Å². The van der Waals surface area contributed by atoms with Gasteiger partial charge in [0.15, 0.2) is 6.10 Å². The largest absolute Gasteiger partial charge is 0.449 e. The first kappa shape index (κ1) is 16.2. The lowest BCUT2D eigenvalue weighted by molar-refractivity contribution is -0.140. The van der Waals surface area contributed by atoms with E-state index in [-0.39, 0.29) is 5.91 Å². The zero-order chi connectivity index (χ0) is 17.1. The van der Waals surface area contributed by atoms with Crippen molar-refractivity contribution in [1.29, 1.82) is 0 Å². The number of hydrogen-bond donors (Lipinski definition) is 0. The van der Waals surface area contributed by atoms with Crippen LogP contribution in [0.25, 0.3) is 0 Å². The van der Waals surface area contributed by atoms with E-state index in [2.05, 4.69) is 6.07 Å². The first-order valence-corrected chi connectivity index (χ1v) is 8.18. The SMILES string of the molecule is Cc1ccccc1C(=O)O[C@H](C)C(=O)N1CCc2ccccc2C1. The highest BCUT2D eigenvalue weighted by Crippen LogP contribution is 2.20. The number of aryl methyl sites for hydroxylation is 1. The number of ether oxygens (including phenoxy) is 1. The molecule has 1 aliphatic rings. The van der Waals surface area contributed by atoms with Crippen molar-refractivity contribution in [3.8, 4) is 0 Å². The Balaban J connectivity index is 1.65. The Morgan fingerprint density at radius 2 is 1.71 bits per heavy atom. The molecular formula is C20H21NO3. The van der Waals surface area contributed by atoms with Crippen molar-refractivity contribution in [2.75, 3.05) is 6.54 Å². The average Bonchev–Trinajstić information content (AvgIpc) is 2.60. The fourth-order valence-electron chi connectivity index (χ4n) is 3.02. The molecule has 0 spiro atoms. The molecule has 0 aromatic heterocycles. The monoisotopic (exact) mass is 323 g/mol. The fraction of sp³-hybridized carbons (Fsp3) is 0.300. The Morgan fingerprint density at radius 3 is 2.46 bits per heavy atom. The van der Waals surface area contributed by atoms with Crippen LogP contribution in [0.5, 0.6) is 0 Å². The lowest BCUT2D eigenvalue weighted by Crippen LogP contribution is -2.42. The van der Waals surface area contributed by atoms with Gasteiger partial charge in [0, 0.05) is 13.1 Å². The van der Waals surface area contributed by atoms with Gasteiger partial charge in [0.05, 0.1) is 5.56 Å². The van der Waals surface area contributed by atoms with E-state index in [1.165, 1.54) is 5.56 Å². The van der Waals surface area contributed by atoms with Crippen molar-refractivity contribution in [3.63, 3.8) is 0 Å². The molecule has 3 rings (SSSR count). The van der Waals surface area contributed by atoms with Crippen LogP contribution >= 0.6 is 0 Å². The van der Waals surface area contributed by atoms with E-state index >= 15 is 0 Å². The van der Waals surface area contributed by atoms with Gasteiger partial charge in [0.2, 0.25) is 0 Å². The molecule has 0 aliphatic carbocycles. The van der Waals surface area contributed by atoms with Gasteiger partial charge in [-0.25, -0.2) is 4.79 Å². The maximum atomic E-state index is 12.6. The van der Waals surface area contributed by atoms with Crippen molar-refractivity contribution in [3.05, 3.63) is 70.8 Å². The van der Waals surface area contributed by atoms with E-state index in [0.29, 0.717) is 18.7 Å². The van der Waals surface area contributed by atoms with Gasteiger partial charge < -0.3 is 9.64 Å². The third-order valence-electron chi connectivity index (χ3n) is 4.44. The Kier molecular flexibility index (Phi) is 4.65. The predicted octanol–water partition coefficient (Wildman–Crippen LogP) is 3.13. The molecule has 1 heterocycles. The van der Waals surface area contributed by atoms with Crippen LogP contribution in [0.1, 0.15) is 34.0 Å². The van der Waals surface area contributed by atoms with Gasteiger partial charge in [0.25, 0.3) is 5.91 Å². The number of carbonyl (C=O) groups is 2. The fourth-order valence-corrected chi connectivity index (χ4v) is 3.02. The highest BCUT2D eigenvalue weighted by Gasteiger charge is 2.27. The van der Waals surface area contributed by atoms with Crippen LogP contribution in [0.4, 0.5) is 0 Å². The van der Waals surface area contributed by atoms with Crippen molar-refractivity contribution >= 4 is 11.9 Å². The Morgan fingerprint density at radius 1 is 1.04 bits per heavy atom. The number of hydrogen-bond acceptors (Lipinski definition) is 3. The summed E-state index contributed by atoms with van der Waals surface area (Å²) in [6.07, 6.45) is 0.0442. The summed E-state index contributed by atoms with van der Waals surface area (Å²) in [5, 5.41) is 0. The molecule has 0 bridgehead atoms. The summed E-state index contributed by atoms with van der Waals surface area (Å²) in [5.41, 5.74) is 3.79. The van der Waals surface area contributed by atoms with E-state index in [1.807, 2.05) is 37.3 Å². The van der Waals surface area contributed by atoms with E-state index in [9.17, 15) is 9.59 Å². The smallest absolute Gasteiger partial charge is 0.339 e. The first-order valence-electron chi connectivity index (χ1n) is 8.18. The summed E-state index contributed by atoms with van der Waals surface area (Å²) < 4.78 is 5.39. The summed E-state index contributed by atoms with van der Waals surface area (Å²) in [5.74, 6) is -0.599. The topological polar surface area (TPSA) is 46.6 Å². The van der Waals surface area contributed by atoms with Gasteiger partial charge in [-0.3, -0.25) is 4.79 Å². The molecule has 4 nitrogen and oxygen atoms in total. The van der Waals surface area contributed by atoms with E-state index < -0.39 is 12.1 Å². The molecule has 0 saturated heterocycles. The molecule has 1 aliphatic heterocycles. The van der Waals surface area contributed by atoms with Gasteiger partial charge in [-0.15, -0.1) is 0 Å². The predicted molar refractivity (Wildman–Crippen MR) is 91.6 cm³/mol. The highest BCUT2D eigenvalue weighted by molar-refractivity contribution is 5.93. The number of amides is 1. The summed E-state index contributed by atoms with van der Waals surface area (Å²) >= 11 is 0. The summed E-state index contributed by atoms with van der Waals surface area (Å²) in [7, 11) is 0. The third kappa shape index (κ3) is 3.32. The second-order valence-electron chi connectivity index (χ2n) is 6.14. The Bertz CT molecular complexity index is 769. The van der Waals surface area contributed by atoms with Gasteiger partial charge in [-0.1, -0.05) is 42.5 Å². The summed E-state index contributed by atoms with van der Waals surface area (Å²) in [4.78, 5) is 26.6. The normalized spacial score (nSPS) is 14.7. The molecule has 124 valence electrons. The minimum absolute atomic E-state index is 0.147. The highest BCUT2D eigenvalue weighted by atomic mass is 16.5. The number of rotatable bonds is 3. The third-order valence-corrected chi connectivity index (χ3v) is 4.44. The average molecular weight is 323 g/mol. The maximum Gasteiger partial charge on any atom is 0.339 e. The number of fused-ring (bicyclic) bond motifs is 1. The second-order valence-corrected chi connectivity index (χ2v) is 6.14. The first-order chi connectivity index (χ1) is 11.6. The van der Waals surface area contributed by atoms with E-state index in [0.717, 1.165) is 17.5 Å². The van der Waals surface area contributed by atoms with Gasteiger partial charge in [0.1, 0.15) is 0 Å². The maximum absolute atomic E-state index is 12.6. The van der Waals surface area contributed by atoms with Crippen molar-refractivity contribution < 1.29 is 14.3 Å². The molecule has 1 amide bonds. The van der Waals surface area contributed by atoms with Gasteiger partial charge in [-0.05, 0) is 43.0 Å².